The van der Waals surface area contributed by atoms with Gasteiger partial charge in [-0.1, -0.05) is 69.9 Å². The number of hydrogen-bond donors (Lipinski definition) is 0. The van der Waals surface area contributed by atoms with Crippen molar-refractivity contribution >= 4 is 5.78 Å². The Labute approximate surface area is 117 Å². The zero-order valence-corrected chi connectivity index (χ0v) is 12.3. The summed E-state index contributed by atoms with van der Waals surface area (Å²) in [5.41, 5.74) is 1.25. The molecule has 1 heteroatoms. The Kier molecular flexibility index (Phi) is 4.79. The van der Waals surface area contributed by atoms with Gasteiger partial charge in [0, 0.05) is 11.5 Å². The number of Topliss-reactive ketones (excluding diaryl/α,β-unsaturated/α-hetero) is 1. The van der Waals surface area contributed by atoms with Gasteiger partial charge in [0.2, 0.25) is 0 Å². The predicted octanol–water partition coefficient (Wildman–Crippen LogP) is 5.26. The molecular formula is C18H26O. The lowest BCUT2D eigenvalue weighted by Gasteiger charge is -2.16. The minimum Gasteiger partial charge on any atom is -0.294 e. The van der Waals surface area contributed by atoms with E-state index in [-0.39, 0.29) is 0 Å². The number of carbonyl (C=O) groups is 1. The van der Waals surface area contributed by atoms with Crippen LogP contribution in [0, 0.1) is 11.3 Å². The third-order valence-electron chi connectivity index (χ3n) is 4.62. The second-order valence-electron chi connectivity index (χ2n) is 6.06. The van der Waals surface area contributed by atoms with E-state index < -0.39 is 0 Å². The molecule has 0 N–H and O–H groups in total. The molecule has 1 saturated carbocycles. The van der Waals surface area contributed by atoms with E-state index in [0.717, 1.165) is 12.0 Å². The van der Waals surface area contributed by atoms with Crippen molar-refractivity contribution in [1.29, 1.82) is 0 Å². The quantitative estimate of drug-likeness (QED) is 0.581. The van der Waals surface area contributed by atoms with Crippen molar-refractivity contribution < 1.29 is 4.79 Å². The molecule has 1 aliphatic rings. The molecule has 0 heterocycles. The molecule has 0 saturated heterocycles. The van der Waals surface area contributed by atoms with Crippen LogP contribution < -0.4 is 0 Å². The summed E-state index contributed by atoms with van der Waals surface area (Å²) in [4.78, 5) is 12.5. The molecule has 0 aromatic heterocycles. The molecule has 0 amide bonds. The van der Waals surface area contributed by atoms with Crippen LogP contribution in [-0.2, 0) is 0 Å². The number of benzene rings is 1. The van der Waals surface area contributed by atoms with Crippen molar-refractivity contribution in [2.45, 2.75) is 58.8 Å². The van der Waals surface area contributed by atoms with Crippen LogP contribution in [0.15, 0.2) is 30.3 Å². The summed E-state index contributed by atoms with van der Waals surface area (Å²) in [6.45, 7) is 4.48. The maximum Gasteiger partial charge on any atom is 0.166 e. The van der Waals surface area contributed by atoms with Crippen LogP contribution in [0.2, 0.25) is 0 Å². The average molecular weight is 258 g/mol. The molecule has 2 rings (SSSR count). The van der Waals surface area contributed by atoms with Crippen molar-refractivity contribution in [3.8, 4) is 0 Å². The molecule has 104 valence electrons. The lowest BCUT2D eigenvalue weighted by atomic mass is 9.88. The van der Waals surface area contributed by atoms with Gasteiger partial charge in [-0.3, -0.25) is 4.79 Å². The maximum absolute atomic E-state index is 12.5. The van der Waals surface area contributed by atoms with Crippen LogP contribution in [0.25, 0.3) is 0 Å². The summed E-state index contributed by atoms with van der Waals surface area (Å²) >= 11 is 0. The van der Waals surface area contributed by atoms with E-state index in [4.69, 9.17) is 0 Å². The molecular weight excluding hydrogens is 232 g/mol. The molecule has 0 bridgehead atoms. The Morgan fingerprint density at radius 1 is 1.11 bits per heavy atom. The molecule has 1 aliphatic carbocycles. The van der Waals surface area contributed by atoms with Crippen LogP contribution >= 0.6 is 0 Å². The Morgan fingerprint density at radius 2 is 1.68 bits per heavy atom. The minimum atomic E-state index is 0.299. The molecule has 1 aromatic rings. The maximum atomic E-state index is 12.5. The van der Waals surface area contributed by atoms with Gasteiger partial charge in [-0.25, -0.2) is 0 Å². The van der Waals surface area contributed by atoms with E-state index in [1.165, 1.54) is 38.5 Å². The number of carbonyl (C=O) groups excluding carboxylic acids is 1. The molecule has 1 nitrogen and oxygen atoms in total. The molecule has 1 unspecified atom stereocenters. The van der Waals surface area contributed by atoms with Gasteiger partial charge in [0.05, 0.1) is 0 Å². The smallest absolute Gasteiger partial charge is 0.166 e. The summed E-state index contributed by atoms with van der Waals surface area (Å²) in [6, 6.07) is 9.84. The second-order valence-corrected chi connectivity index (χ2v) is 6.06. The Balaban J connectivity index is 2.02. The van der Waals surface area contributed by atoms with E-state index in [9.17, 15) is 4.79 Å². The Hall–Kier alpha value is -1.11. The molecule has 0 radical (unpaired) electrons. The molecule has 0 aliphatic heterocycles. The number of unbranched alkanes of at least 4 members (excludes halogenated alkanes) is 2. The largest absolute Gasteiger partial charge is 0.294 e. The van der Waals surface area contributed by atoms with E-state index >= 15 is 0 Å². The van der Waals surface area contributed by atoms with Crippen LogP contribution in [-0.4, -0.2) is 5.78 Å². The SMILES string of the molecule is CCCCC1(CCCC)CC1C(=O)c1ccccc1. The number of rotatable bonds is 8. The first-order valence-corrected chi connectivity index (χ1v) is 7.83. The highest BCUT2D eigenvalue weighted by Crippen LogP contribution is 2.60. The molecule has 0 spiro atoms. The summed E-state index contributed by atoms with van der Waals surface area (Å²) in [5.74, 6) is 0.681. The fourth-order valence-corrected chi connectivity index (χ4v) is 3.26. The van der Waals surface area contributed by atoms with Crippen molar-refractivity contribution in [2.75, 3.05) is 0 Å². The predicted molar refractivity (Wildman–Crippen MR) is 80.4 cm³/mol. The lowest BCUT2D eigenvalue weighted by molar-refractivity contribution is 0.0943. The van der Waals surface area contributed by atoms with Gasteiger partial charge in [-0.2, -0.15) is 0 Å². The molecule has 19 heavy (non-hydrogen) atoms. The van der Waals surface area contributed by atoms with E-state index in [1.807, 2.05) is 30.3 Å². The summed E-state index contributed by atoms with van der Waals surface area (Å²) < 4.78 is 0. The van der Waals surface area contributed by atoms with Crippen molar-refractivity contribution in [3.63, 3.8) is 0 Å². The molecule has 1 atom stereocenters. The standard InChI is InChI=1S/C18H26O/c1-3-5-12-18(13-6-4-2)14-16(18)17(19)15-10-8-7-9-11-15/h7-11,16H,3-6,12-14H2,1-2H3. The Morgan fingerprint density at radius 3 is 2.21 bits per heavy atom. The van der Waals surface area contributed by atoms with Crippen molar-refractivity contribution in [3.05, 3.63) is 35.9 Å². The minimum absolute atomic E-state index is 0.299. The van der Waals surface area contributed by atoms with Crippen LogP contribution in [0.4, 0.5) is 0 Å². The highest BCUT2D eigenvalue weighted by atomic mass is 16.1. The number of hydrogen-bond acceptors (Lipinski definition) is 1. The second kappa shape index (κ2) is 6.36. The fourth-order valence-electron chi connectivity index (χ4n) is 3.26. The first kappa shape index (κ1) is 14.3. The number of ketones is 1. The third kappa shape index (κ3) is 3.26. The van der Waals surface area contributed by atoms with E-state index in [2.05, 4.69) is 13.8 Å². The van der Waals surface area contributed by atoms with E-state index in [1.54, 1.807) is 0 Å². The topological polar surface area (TPSA) is 17.1 Å². The van der Waals surface area contributed by atoms with E-state index in [0.29, 0.717) is 17.1 Å². The van der Waals surface area contributed by atoms with Gasteiger partial charge in [0.15, 0.2) is 5.78 Å². The van der Waals surface area contributed by atoms with Crippen LogP contribution in [0.3, 0.4) is 0 Å². The zero-order valence-electron chi connectivity index (χ0n) is 12.3. The normalized spacial score (nSPS) is 20.2. The lowest BCUT2D eigenvalue weighted by Crippen LogP contribution is -2.12. The monoisotopic (exact) mass is 258 g/mol. The summed E-state index contributed by atoms with van der Waals surface area (Å²) in [5, 5.41) is 0. The first-order chi connectivity index (χ1) is 9.23. The average Bonchev–Trinajstić information content (AvgIpc) is 3.18. The van der Waals surface area contributed by atoms with Gasteiger partial charge >= 0.3 is 0 Å². The highest BCUT2D eigenvalue weighted by Gasteiger charge is 2.56. The summed E-state index contributed by atoms with van der Waals surface area (Å²) in [6.07, 6.45) is 8.62. The van der Waals surface area contributed by atoms with Crippen LogP contribution in [0.5, 0.6) is 0 Å². The third-order valence-corrected chi connectivity index (χ3v) is 4.62. The van der Waals surface area contributed by atoms with Gasteiger partial charge in [-0.15, -0.1) is 0 Å². The Bertz CT molecular complexity index is 399. The fraction of sp³-hybridized carbons (Fsp3) is 0.611. The first-order valence-electron chi connectivity index (χ1n) is 7.83. The van der Waals surface area contributed by atoms with Gasteiger partial charge in [0.25, 0.3) is 0 Å². The van der Waals surface area contributed by atoms with Crippen molar-refractivity contribution in [1.82, 2.24) is 0 Å². The van der Waals surface area contributed by atoms with Gasteiger partial charge in [0.1, 0.15) is 0 Å². The summed E-state index contributed by atoms with van der Waals surface area (Å²) in [7, 11) is 0. The van der Waals surface area contributed by atoms with Crippen molar-refractivity contribution in [2.24, 2.45) is 11.3 Å². The molecule has 1 aromatic carbocycles. The molecule has 1 fully saturated rings. The zero-order chi connectivity index (χ0) is 13.7. The van der Waals surface area contributed by atoms with Gasteiger partial charge in [-0.05, 0) is 24.7 Å². The van der Waals surface area contributed by atoms with Gasteiger partial charge < -0.3 is 0 Å². The highest BCUT2D eigenvalue weighted by molar-refractivity contribution is 6.00. The van der Waals surface area contributed by atoms with Crippen LogP contribution in [0.1, 0.15) is 69.2 Å².